The monoisotopic (exact) mass is 255 g/mol. The van der Waals surface area contributed by atoms with Crippen LogP contribution < -0.4 is 10.6 Å². The Hall–Kier alpha value is -1.23. The van der Waals surface area contributed by atoms with E-state index in [0.717, 1.165) is 37.9 Å². The van der Waals surface area contributed by atoms with Gasteiger partial charge in [0, 0.05) is 25.2 Å². The van der Waals surface area contributed by atoms with Gasteiger partial charge in [-0.05, 0) is 12.8 Å². The molecule has 1 aliphatic carbocycles. The van der Waals surface area contributed by atoms with Crippen molar-refractivity contribution < 1.29 is 8.78 Å². The van der Waals surface area contributed by atoms with Crippen molar-refractivity contribution in [1.29, 1.82) is 0 Å². The van der Waals surface area contributed by atoms with E-state index in [0.29, 0.717) is 13.1 Å². The predicted molar refractivity (Wildman–Crippen MR) is 67.4 cm³/mol. The third-order valence-electron chi connectivity index (χ3n) is 3.45. The molecule has 1 fully saturated rings. The lowest BCUT2D eigenvalue weighted by molar-refractivity contribution is 0.409. The molecule has 2 N–H and O–H groups in total. The topological polar surface area (TPSA) is 42.1 Å². The molecule has 2 rings (SSSR count). The molecule has 0 spiro atoms. The summed E-state index contributed by atoms with van der Waals surface area (Å²) in [5, 5.41) is 0. The molecule has 3 nitrogen and oxygen atoms in total. The quantitative estimate of drug-likeness (QED) is 0.898. The highest BCUT2D eigenvalue weighted by atomic mass is 19.1. The summed E-state index contributed by atoms with van der Waals surface area (Å²) in [6.07, 6.45) is 6.64. The first-order chi connectivity index (χ1) is 8.72. The SMILES string of the molecule is NCCN(c1ncc(F)cc1F)C1CCCCC1. The van der Waals surface area contributed by atoms with Gasteiger partial charge in [0.1, 0.15) is 5.82 Å². The van der Waals surface area contributed by atoms with E-state index in [4.69, 9.17) is 5.73 Å². The van der Waals surface area contributed by atoms with Crippen LogP contribution >= 0.6 is 0 Å². The van der Waals surface area contributed by atoms with Gasteiger partial charge >= 0.3 is 0 Å². The Morgan fingerprint density at radius 3 is 2.61 bits per heavy atom. The minimum atomic E-state index is -0.646. The van der Waals surface area contributed by atoms with Crippen LogP contribution in [0.2, 0.25) is 0 Å². The highest BCUT2D eigenvalue weighted by molar-refractivity contribution is 5.41. The molecular weight excluding hydrogens is 236 g/mol. The highest BCUT2D eigenvalue weighted by Gasteiger charge is 2.24. The molecule has 0 atom stereocenters. The highest BCUT2D eigenvalue weighted by Crippen LogP contribution is 2.27. The van der Waals surface area contributed by atoms with Crippen molar-refractivity contribution in [3.05, 3.63) is 23.9 Å². The van der Waals surface area contributed by atoms with Gasteiger partial charge in [0.2, 0.25) is 0 Å². The Balaban J connectivity index is 2.22. The molecule has 0 radical (unpaired) electrons. The largest absolute Gasteiger partial charge is 0.350 e. The van der Waals surface area contributed by atoms with Gasteiger partial charge in [0.25, 0.3) is 0 Å². The minimum Gasteiger partial charge on any atom is -0.350 e. The van der Waals surface area contributed by atoms with Crippen molar-refractivity contribution in [2.75, 3.05) is 18.0 Å². The molecule has 0 unspecified atom stereocenters. The fourth-order valence-electron chi connectivity index (χ4n) is 2.61. The number of hydrogen-bond acceptors (Lipinski definition) is 3. The van der Waals surface area contributed by atoms with E-state index in [2.05, 4.69) is 4.98 Å². The minimum absolute atomic E-state index is 0.230. The summed E-state index contributed by atoms with van der Waals surface area (Å²) in [5.41, 5.74) is 5.59. The second kappa shape index (κ2) is 6.09. The third kappa shape index (κ3) is 2.96. The smallest absolute Gasteiger partial charge is 0.168 e. The van der Waals surface area contributed by atoms with Gasteiger partial charge in [-0.25, -0.2) is 13.8 Å². The zero-order chi connectivity index (χ0) is 13.0. The van der Waals surface area contributed by atoms with Crippen LogP contribution in [0, 0.1) is 11.6 Å². The van der Waals surface area contributed by atoms with E-state index in [1.807, 2.05) is 4.90 Å². The first-order valence-electron chi connectivity index (χ1n) is 6.50. The van der Waals surface area contributed by atoms with Gasteiger partial charge in [0.05, 0.1) is 6.20 Å². The molecule has 100 valence electrons. The lowest BCUT2D eigenvalue weighted by Gasteiger charge is -2.35. The van der Waals surface area contributed by atoms with Crippen molar-refractivity contribution in [3.63, 3.8) is 0 Å². The molecule has 0 aliphatic heterocycles. The summed E-state index contributed by atoms with van der Waals surface area (Å²) in [7, 11) is 0. The average molecular weight is 255 g/mol. The van der Waals surface area contributed by atoms with Crippen LogP contribution in [0.25, 0.3) is 0 Å². The molecule has 1 aliphatic rings. The zero-order valence-electron chi connectivity index (χ0n) is 10.4. The molecule has 1 aromatic rings. The molecule has 1 saturated carbocycles. The van der Waals surface area contributed by atoms with Crippen molar-refractivity contribution in [1.82, 2.24) is 4.98 Å². The van der Waals surface area contributed by atoms with Gasteiger partial charge in [-0.3, -0.25) is 0 Å². The number of anilines is 1. The molecule has 1 aromatic heterocycles. The zero-order valence-corrected chi connectivity index (χ0v) is 10.4. The van der Waals surface area contributed by atoms with E-state index in [-0.39, 0.29) is 11.9 Å². The third-order valence-corrected chi connectivity index (χ3v) is 3.45. The molecule has 5 heteroatoms. The summed E-state index contributed by atoms with van der Waals surface area (Å²) in [4.78, 5) is 5.79. The van der Waals surface area contributed by atoms with E-state index < -0.39 is 11.6 Å². The second-order valence-electron chi connectivity index (χ2n) is 4.73. The molecular formula is C13H19F2N3. The molecule has 0 saturated heterocycles. The molecule has 0 bridgehead atoms. The molecule has 0 amide bonds. The van der Waals surface area contributed by atoms with Gasteiger partial charge in [-0.2, -0.15) is 0 Å². The van der Waals surface area contributed by atoms with Gasteiger partial charge in [0.15, 0.2) is 11.6 Å². The van der Waals surface area contributed by atoms with Crippen LogP contribution in [0.5, 0.6) is 0 Å². The molecule has 18 heavy (non-hydrogen) atoms. The Bertz CT molecular complexity index is 392. The molecule has 1 heterocycles. The number of nitrogens with two attached hydrogens (primary N) is 1. The van der Waals surface area contributed by atoms with Gasteiger partial charge in [-0.1, -0.05) is 19.3 Å². The number of pyridine rings is 1. The van der Waals surface area contributed by atoms with Gasteiger partial charge in [-0.15, -0.1) is 0 Å². The lowest BCUT2D eigenvalue weighted by Crippen LogP contribution is -2.41. The average Bonchev–Trinajstić information content (AvgIpc) is 2.38. The summed E-state index contributed by atoms with van der Waals surface area (Å²) >= 11 is 0. The predicted octanol–water partition coefficient (Wildman–Crippen LogP) is 2.46. The maximum Gasteiger partial charge on any atom is 0.168 e. The van der Waals surface area contributed by atoms with Crippen LogP contribution in [0.3, 0.4) is 0 Å². The fourth-order valence-corrected chi connectivity index (χ4v) is 2.61. The van der Waals surface area contributed by atoms with Crippen molar-refractivity contribution >= 4 is 5.82 Å². The fraction of sp³-hybridized carbons (Fsp3) is 0.615. The first-order valence-corrected chi connectivity index (χ1v) is 6.50. The Labute approximate surface area is 106 Å². The van der Waals surface area contributed by atoms with Gasteiger partial charge < -0.3 is 10.6 Å². The number of rotatable bonds is 4. The van der Waals surface area contributed by atoms with Crippen molar-refractivity contribution in [3.8, 4) is 0 Å². The van der Waals surface area contributed by atoms with Crippen molar-refractivity contribution in [2.45, 2.75) is 38.1 Å². The number of nitrogens with zero attached hydrogens (tertiary/aromatic N) is 2. The summed E-state index contributed by atoms with van der Waals surface area (Å²) < 4.78 is 26.7. The summed E-state index contributed by atoms with van der Waals surface area (Å²) in [6, 6.07) is 1.16. The lowest BCUT2D eigenvalue weighted by atomic mass is 9.94. The Morgan fingerprint density at radius 2 is 2.00 bits per heavy atom. The maximum absolute atomic E-state index is 13.8. The van der Waals surface area contributed by atoms with Crippen LogP contribution in [0.1, 0.15) is 32.1 Å². The van der Waals surface area contributed by atoms with E-state index in [1.54, 1.807) is 0 Å². The second-order valence-corrected chi connectivity index (χ2v) is 4.73. The van der Waals surface area contributed by atoms with Crippen LogP contribution in [-0.2, 0) is 0 Å². The summed E-state index contributed by atoms with van der Waals surface area (Å²) in [6.45, 7) is 0.995. The first kappa shape index (κ1) is 13.2. The number of hydrogen-bond donors (Lipinski definition) is 1. The van der Waals surface area contributed by atoms with Crippen LogP contribution in [-0.4, -0.2) is 24.1 Å². The normalized spacial score (nSPS) is 16.8. The Morgan fingerprint density at radius 1 is 1.28 bits per heavy atom. The van der Waals surface area contributed by atoms with E-state index in [1.165, 1.54) is 6.42 Å². The van der Waals surface area contributed by atoms with Crippen LogP contribution in [0.4, 0.5) is 14.6 Å². The maximum atomic E-state index is 13.8. The Kier molecular flexibility index (Phi) is 4.47. The van der Waals surface area contributed by atoms with Crippen LogP contribution in [0.15, 0.2) is 12.3 Å². The van der Waals surface area contributed by atoms with E-state index in [9.17, 15) is 8.78 Å². The molecule has 0 aromatic carbocycles. The standard InChI is InChI=1S/C13H19F2N3/c14-10-8-12(15)13(17-9-10)18(7-6-16)11-4-2-1-3-5-11/h8-9,11H,1-7,16H2. The summed E-state index contributed by atoms with van der Waals surface area (Å²) in [5.74, 6) is -1.02. The number of halogens is 2. The van der Waals surface area contributed by atoms with E-state index >= 15 is 0 Å². The number of aromatic nitrogens is 1. The van der Waals surface area contributed by atoms with Crippen molar-refractivity contribution in [2.24, 2.45) is 5.73 Å².